The summed E-state index contributed by atoms with van der Waals surface area (Å²) in [5, 5.41) is 0. The molecule has 3 nitrogen and oxygen atoms in total. The van der Waals surface area contributed by atoms with Crippen LogP contribution in [0.3, 0.4) is 0 Å². The Kier molecular flexibility index (Phi) is 6.52. The summed E-state index contributed by atoms with van der Waals surface area (Å²) in [6, 6.07) is 1.89. The lowest BCUT2D eigenvalue weighted by Crippen LogP contribution is -2.25. The molecule has 0 spiro atoms. The number of ether oxygens (including phenoxy) is 3. The van der Waals surface area contributed by atoms with E-state index in [1.54, 1.807) is 0 Å². The van der Waals surface area contributed by atoms with E-state index in [9.17, 15) is 8.78 Å². The second kappa shape index (κ2) is 7.66. The predicted molar refractivity (Wildman–Crippen MR) is 66.6 cm³/mol. The highest BCUT2D eigenvalue weighted by Gasteiger charge is 2.14. The highest BCUT2D eigenvalue weighted by molar-refractivity contribution is 9.10. The van der Waals surface area contributed by atoms with Gasteiger partial charge in [0.15, 0.2) is 17.9 Å². The molecule has 0 saturated carbocycles. The van der Waals surface area contributed by atoms with Gasteiger partial charge in [0.1, 0.15) is 12.4 Å². The SMILES string of the molecule is CCOC(COc1c(F)cc(F)cc1Br)OCC. The van der Waals surface area contributed by atoms with Crippen LogP contribution in [0.4, 0.5) is 8.78 Å². The number of halogens is 3. The molecule has 0 heterocycles. The van der Waals surface area contributed by atoms with Crippen molar-refractivity contribution in [3.63, 3.8) is 0 Å². The van der Waals surface area contributed by atoms with Crippen molar-refractivity contribution in [2.24, 2.45) is 0 Å². The summed E-state index contributed by atoms with van der Waals surface area (Å²) < 4.78 is 42.3. The monoisotopic (exact) mass is 324 g/mol. The van der Waals surface area contributed by atoms with E-state index in [4.69, 9.17) is 14.2 Å². The summed E-state index contributed by atoms with van der Waals surface area (Å²) in [5.74, 6) is -1.49. The smallest absolute Gasteiger partial charge is 0.191 e. The third kappa shape index (κ3) is 4.51. The first-order valence-corrected chi connectivity index (χ1v) is 6.38. The fraction of sp³-hybridized carbons (Fsp3) is 0.500. The van der Waals surface area contributed by atoms with Crippen LogP contribution in [0, 0.1) is 11.6 Å². The minimum Gasteiger partial charge on any atom is -0.484 e. The standard InChI is InChI=1S/C12H15BrF2O3/c1-3-16-11(17-4-2)7-18-12-9(13)5-8(14)6-10(12)15/h5-6,11H,3-4,7H2,1-2H3. The summed E-state index contributed by atoms with van der Waals surface area (Å²) in [6.07, 6.45) is -0.573. The first kappa shape index (κ1) is 15.3. The average Bonchev–Trinajstić information content (AvgIpc) is 2.28. The van der Waals surface area contributed by atoms with E-state index in [0.717, 1.165) is 12.1 Å². The Bertz CT molecular complexity index is 359. The number of benzene rings is 1. The van der Waals surface area contributed by atoms with Gasteiger partial charge in [0, 0.05) is 19.3 Å². The van der Waals surface area contributed by atoms with Crippen molar-refractivity contribution in [2.75, 3.05) is 19.8 Å². The molecule has 6 heteroatoms. The van der Waals surface area contributed by atoms with Crippen LogP contribution < -0.4 is 4.74 Å². The molecular weight excluding hydrogens is 310 g/mol. The van der Waals surface area contributed by atoms with Crippen LogP contribution in [0.1, 0.15) is 13.8 Å². The molecule has 102 valence electrons. The molecule has 18 heavy (non-hydrogen) atoms. The second-order valence-corrected chi connectivity index (χ2v) is 4.20. The Balaban J connectivity index is 2.66. The van der Waals surface area contributed by atoms with Gasteiger partial charge in [-0.3, -0.25) is 0 Å². The molecule has 0 bridgehead atoms. The summed E-state index contributed by atoms with van der Waals surface area (Å²) in [7, 11) is 0. The van der Waals surface area contributed by atoms with Gasteiger partial charge in [-0.15, -0.1) is 0 Å². The summed E-state index contributed by atoms with van der Waals surface area (Å²) in [6.45, 7) is 4.59. The van der Waals surface area contributed by atoms with E-state index < -0.39 is 17.9 Å². The molecule has 0 aliphatic carbocycles. The fourth-order valence-corrected chi connectivity index (χ4v) is 1.86. The van der Waals surface area contributed by atoms with E-state index >= 15 is 0 Å². The third-order valence-electron chi connectivity index (χ3n) is 2.03. The topological polar surface area (TPSA) is 27.7 Å². The van der Waals surface area contributed by atoms with Crippen molar-refractivity contribution in [3.05, 3.63) is 28.2 Å². The lowest BCUT2D eigenvalue weighted by molar-refractivity contribution is -0.152. The lowest BCUT2D eigenvalue weighted by Gasteiger charge is -2.18. The molecule has 1 aromatic rings. The van der Waals surface area contributed by atoms with Crippen LogP contribution in [-0.4, -0.2) is 26.1 Å². The lowest BCUT2D eigenvalue weighted by atomic mass is 10.3. The normalized spacial score (nSPS) is 11.0. The van der Waals surface area contributed by atoms with Crippen LogP contribution in [0.15, 0.2) is 16.6 Å². The van der Waals surface area contributed by atoms with Crippen LogP contribution in [0.25, 0.3) is 0 Å². The van der Waals surface area contributed by atoms with Gasteiger partial charge in [-0.1, -0.05) is 0 Å². The highest BCUT2D eigenvalue weighted by Crippen LogP contribution is 2.29. The largest absolute Gasteiger partial charge is 0.484 e. The Morgan fingerprint density at radius 3 is 2.28 bits per heavy atom. The Hall–Kier alpha value is -0.720. The van der Waals surface area contributed by atoms with Crippen LogP contribution in [-0.2, 0) is 9.47 Å². The quantitative estimate of drug-likeness (QED) is 0.718. The molecule has 0 fully saturated rings. The van der Waals surface area contributed by atoms with E-state index in [1.807, 2.05) is 13.8 Å². The molecule has 0 amide bonds. The van der Waals surface area contributed by atoms with Gasteiger partial charge >= 0.3 is 0 Å². The van der Waals surface area contributed by atoms with Gasteiger partial charge in [0.2, 0.25) is 0 Å². The van der Waals surface area contributed by atoms with Gasteiger partial charge < -0.3 is 14.2 Å². The fourth-order valence-electron chi connectivity index (χ4n) is 1.33. The van der Waals surface area contributed by atoms with Gasteiger partial charge in [0.25, 0.3) is 0 Å². The van der Waals surface area contributed by atoms with E-state index in [-0.39, 0.29) is 16.8 Å². The highest BCUT2D eigenvalue weighted by atomic mass is 79.9. The molecule has 0 aliphatic heterocycles. The maximum Gasteiger partial charge on any atom is 0.191 e. The zero-order valence-corrected chi connectivity index (χ0v) is 11.8. The molecule has 1 aromatic carbocycles. The van der Waals surface area contributed by atoms with Crippen molar-refractivity contribution in [1.82, 2.24) is 0 Å². The van der Waals surface area contributed by atoms with Crippen molar-refractivity contribution >= 4 is 15.9 Å². The predicted octanol–water partition coefficient (Wildman–Crippen LogP) is 3.51. The van der Waals surface area contributed by atoms with Crippen molar-refractivity contribution in [2.45, 2.75) is 20.1 Å². The zero-order chi connectivity index (χ0) is 13.5. The van der Waals surface area contributed by atoms with Gasteiger partial charge in [-0.05, 0) is 35.8 Å². The van der Waals surface area contributed by atoms with E-state index in [2.05, 4.69) is 15.9 Å². The van der Waals surface area contributed by atoms with Crippen molar-refractivity contribution in [1.29, 1.82) is 0 Å². The van der Waals surface area contributed by atoms with Crippen LogP contribution in [0.2, 0.25) is 0 Å². The molecule has 0 N–H and O–H groups in total. The maximum atomic E-state index is 13.5. The van der Waals surface area contributed by atoms with Crippen LogP contribution >= 0.6 is 15.9 Å². The van der Waals surface area contributed by atoms with Gasteiger partial charge in [-0.2, -0.15) is 0 Å². The average molecular weight is 325 g/mol. The molecular formula is C12H15BrF2O3. The minimum absolute atomic E-state index is 0.0306. The zero-order valence-electron chi connectivity index (χ0n) is 10.2. The van der Waals surface area contributed by atoms with Crippen molar-refractivity contribution < 1.29 is 23.0 Å². The molecule has 0 unspecified atom stereocenters. The Morgan fingerprint density at radius 2 is 1.78 bits per heavy atom. The first-order valence-electron chi connectivity index (χ1n) is 5.59. The van der Waals surface area contributed by atoms with Crippen molar-refractivity contribution in [3.8, 4) is 5.75 Å². The number of hydrogen-bond acceptors (Lipinski definition) is 3. The third-order valence-corrected chi connectivity index (χ3v) is 2.62. The Morgan fingerprint density at radius 1 is 1.17 bits per heavy atom. The minimum atomic E-state index is -0.770. The first-order chi connectivity index (χ1) is 8.58. The molecule has 0 atom stereocenters. The molecule has 0 radical (unpaired) electrons. The van der Waals surface area contributed by atoms with Gasteiger partial charge in [-0.25, -0.2) is 8.78 Å². The molecule has 1 rings (SSSR count). The van der Waals surface area contributed by atoms with Gasteiger partial charge in [0.05, 0.1) is 4.47 Å². The second-order valence-electron chi connectivity index (χ2n) is 3.35. The maximum absolute atomic E-state index is 13.5. The Labute approximate surface area is 113 Å². The molecule has 0 aliphatic rings. The van der Waals surface area contributed by atoms with E-state index in [1.165, 1.54) is 0 Å². The number of rotatable bonds is 7. The molecule has 0 saturated heterocycles. The number of hydrogen-bond donors (Lipinski definition) is 0. The van der Waals surface area contributed by atoms with Crippen LogP contribution in [0.5, 0.6) is 5.75 Å². The molecule has 0 aromatic heterocycles. The summed E-state index contributed by atoms with van der Waals surface area (Å²) >= 11 is 3.04. The summed E-state index contributed by atoms with van der Waals surface area (Å²) in [5.41, 5.74) is 0. The summed E-state index contributed by atoms with van der Waals surface area (Å²) in [4.78, 5) is 0. The van der Waals surface area contributed by atoms with E-state index in [0.29, 0.717) is 13.2 Å².